The summed E-state index contributed by atoms with van der Waals surface area (Å²) >= 11 is 0. The van der Waals surface area contributed by atoms with Crippen molar-refractivity contribution in [2.75, 3.05) is 19.0 Å². The molecule has 0 saturated heterocycles. The van der Waals surface area contributed by atoms with Gasteiger partial charge in [-0.1, -0.05) is 30.3 Å². The first-order valence-electron chi connectivity index (χ1n) is 6.21. The first-order chi connectivity index (χ1) is 9.29. The maximum Gasteiger partial charge on any atom is 0.214 e. The standard InChI is InChI=1S/C15H14N2O2/c1-19-12-9-11-7-8-16-13(11)14(17-12)15(18)10-5-3-2-4-6-10/h2-6,9,16H,7-8H2,1H3. The summed E-state index contributed by atoms with van der Waals surface area (Å²) < 4.78 is 5.18. The van der Waals surface area contributed by atoms with E-state index in [4.69, 9.17) is 4.74 Å². The van der Waals surface area contributed by atoms with Gasteiger partial charge in [0.25, 0.3) is 0 Å². The molecule has 2 heterocycles. The summed E-state index contributed by atoms with van der Waals surface area (Å²) in [4.78, 5) is 16.8. The van der Waals surface area contributed by atoms with Gasteiger partial charge in [0, 0.05) is 18.2 Å². The van der Waals surface area contributed by atoms with E-state index in [9.17, 15) is 4.79 Å². The van der Waals surface area contributed by atoms with E-state index in [2.05, 4.69) is 10.3 Å². The normalized spacial score (nSPS) is 12.7. The van der Waals surface area contributed by atoms with Gasteiger partial charge in [0.15, 0.2) is 0 Å². The van der Waals surface area contributed by atoms with Crippen LogP contribution in [0.3, 0.4) is 0 Å². The lowest BCUT2D eigenvalue weighted by molar-refractivity contribution is 0.103. The molecule has 1 aromatic heterocycles. The molecule has 4 nitrogen and oxygen atoms in total. The van der Waals surface area contributed by atoms with Crippen LogP contribution in [-0.2, 0) is 6.42 Å². The molecule has 1 aliphatic rings. The van der Waals surface area contributed by atoms with Crippen molar-refractivity contribution in [2.24, 2.45) is 0 Å². The largest absolute Gasteiger partial charge is 0.481 e. The molecule has 96 valence electrons. The van der Waals surface area contributed by atoms with E-state index in [0.717, 1.165) is 24.2 Å². The number of methoxy groups -OCH3 is 1. The van der Waals surface area contributed by atoms with Gasteiger partial charge >= 0.3 is 0 Å². The van der Waals surface area contributed by atoms with Crippen molar-refractivity contribution in [2.45, 2.75) is 6.42 Å². The lowest BCUT2D eigenvalue weighted by Crippen LogP contribution is -2.08. The van der Waals surface area contributed by atoms with Crippen LogP contribution in [0.4, 0.5) is 5.69 Å². The number of benzene rings is 1. The third-order valence-electron chi connectivity index (χ3n) is 3.23. The minimum absolute atomic E-state index is 0.0786. The molecule has 19 heavy (non-hydrogen) atoms. The number of carbonyl (C=O) groups is 1. The van der Waals surface area contributed by atoms with Crippen LogP contribution in [0.2, 0.25) is 0 Å². The highest BCUT2D eigenvalue weighted by Crippen LogP contribution is 2.30. The van der Waals surface area contributed by atoms with Crippen LogP contribution in [-0.4, -0.2) is 24.4 Å². The number of carbonyl (C=O) groups excluding carboxylic acids is 1. The maximum atomic E-state index is 12.5. The minimum Gasteiger partial charge on any atom is -0.481 e. The van der Waals surface area contributed by atoms with Crippen LogP contribution in [0.1, 0.15) is 21.6 Å². The number of ether oxygens (including phenoxy) is 1. The number of pyridine rings is 1. The fraction of sp³-hybridized carbons (Fsp3) is 0.200. The quantitative estimate of drug-likeness (QED) is 0.854. The second-order valence-electron chi connectivity index (χ2n) is 4.42. The van der Waals surface area contributed by atoms with Crippen LogP contribution in [0.5, 0.6) is 5.88 Å². The second-order valence-corrected chi connectivity index (χ2v) is 4.42. The molecule has 1 aromatic carbocycles. The van der Waals surface area contributed by atoms with Crippen molar-refractivity contribution in [1.29, 1.82) is 0 Å². The Morgan fingerprint density at radius 2 is 2.11 bits per heavy atom. The van der Waals surface area contributed by atoms with Gasteiger partial charge in [-0.05, 0) is 12.0 Å². The zero-order chi connectivity index (χ0) is 13.2. The summed E-state index contributed by atoms with van der Waals surface area (Å²) in [6, 6.07) is 11.1. The molecule has 1 N–H and O–H groups in total. The molecule has 0 atom stereocenters. The highest BCUT2D eigenvalue weighted by molar-refractivity contribution is 6.11. The number of aromatic nitrogens is 1. The number of hydrogen-bond acceptors (Lipinski definition) is 4. The number of rotatable bonds is 3. The van der Waals surface area contributed by atoms with Gasteiger partial charge in [-0.3, -0.25) is 4.79 Å². The van der Waals surface area contributed by atoms with Gasteiger partial charge in [0.2, 0.25) is 11.7 Å². The Labute approximate surface area is 111 Å². The van der Waals surface area contributed by atoms with Crippen LogP contribution < -0.4 is 10.1 Å². The molecule has 0 saturated carbocycles. The first-order valence-corrected chi connectivity index (χ1v) is 6.21. The second kappa shape index (κ2) is 4.72. The van der Waals surface area contributed by atoms with Gasteiger partial charge in [-0.2, -0.15) is 0 Å². The Balaban J connectivity index is 2.10. The predicted octanol–water partition coefficient (Wildman–Crippen LogP) is 2.29. The van der Waals surface area contributed by atoms with Crippen molar-refractivity contribution < 1.29 is 9.53 Å². The molecular formula is C15H14N2O2. The van der Waals surface area contributed by atoms with E-state index in [0.29, 0.717) is 17.1 Å². The molecule has 0 fully saturated rings. The third-order valence-corrected chi connectivity index (χ3v) is 3.23. The molecular weight excluding hydrogens is 240 g/mol. The number of fused-ring (bicyclic) bond motifs is 1. The number of hydrogen-bond donors (Lipinski definition) is 1. The minimum atomic E-state index is -0.0786. The number of ketones is 1. The maximum absolute atomic E-state index is 12.5. The zero-order valence-electron chi connectivity index (χ0n) is 10.6. The van der Waals surface area contributed by atoms with Gasteiger partial charge in [-0.15, -0.1) is 0 Å². The SMILES string of the molecule is COc1cc2c(c(C(=O)c3ccccc3)n1)NCC2. The average Bonchev–Trinajstić information content (AvgIpc) is 2.94. The Morgan fingerprint density at radius 1 is 1.32 bits per heavy atom. The Hall–Kier alpha value is -2.36. The molecule has 0 spiro atoms. The van der Waals surface area contributed by atoms with E-state index in [1.54, 1.807) is 19.2 Å². The molecule has 1 aliphatic heterocycles. The van der Waals surface area contributed by atoms with Crippen LogP contribution in [0, 0.1) is 0 Å². The molecule has 2 aromatic rings. The van der Waals surface area contributed by atoms with E-state index in [1.165, 1.54) is 0 Å². The smallest absolute Gasteiger partial charge is 0.214 e. The van der Waals surface area contributed by atoms with Crippen molar-refractivity contribution >= 4 is 11.5 Å². The first kappa shape index (κ1) is 11.7. The van der Waals surface area contributed by atoms with Crippen molar-refractivity contribution in [3.63, 3.8) is 0 Å². The van der Waals surface area contributed by atoms with Gasteiger partial charge in [0.1, 0.15) is 5.69 Å². The Bertz CT molecular complexity index is 624. The fourth-order valence-electron chi connectivity index (χ4n) is 2.28. The Kier molecular flexibility index (Phi) is 2.91. The molecule has 0 radical (unpaired) electrons. The van der Waals surface area contributed by atoms with Gasteiger partial charge in [-0.25, -0.2) is 4.98 Å². The number of nitrogens with zero attached hydrogens (tertiary/aromatic N) is 1. The lowest BCUT2D eigenvalue weighted by Gasteiger charge is -2.09. The summed E-state index contributed by atoms with van der Waals surface area (Å²) in [5.74, 6) is 0.409. The molecule has 3 rings (SSSR count). The highest BCUT2D eigenvalue weighted by atomic mass is 16.5. The molecule has 0 unspecified atom stereocenters. The summed E-state index contributed by atoms with van der Waals surface area (Å²) in [6.07, 6.45) is 0.892. The summed E-state index contributed by atoms with van der Waals surface area (Å²) in [5, 5.41) is 3.23. The lowest BCUT2D eigenvalue weighted by atomic mass is 10.0. The van der Waals surface area contributed by atoms with Crippen LogP contribution >= 0.6 is 0 Å². The third kappa shape index (κ3) is 2.05. The van der Waals surface area contributed by atoms with Crippen molar-refractivity contribution in [3.8, 4) is 5.88 Å². The average molecular weight is 254 g/mol. The molecule has 0 amide bonds. The zero-order valence-corrected chi connectivity index (χ0v) is 10.6. The van der Waals surface area contributed by atoms with E-state index in [1.807, 2.05) is 24.3 Å². The van der Waals surface area contributed by atoms with Crippen LogP contribution in [0.15, 0.2) is 36.4 Å². The van der Waals surface area contributed by atoms with E-state index in [-0.39, 0.29) is 5.78 Å². The van der Waals surface area contributed by atoms with Crippen molar-refractivity contribution in [1.82, 2.24) is 4.98 Å². The summed E-state index contributed by atoms with van der Waals surface area (Å²) in [5.41, 5.74) is 3.01. The molecule has 0 aliphatic carbocycles. The van der Waals surface area contributed by atoms with E-state index >= 15 is 0 Å². The van der Waals surface area contributed by atoms with Gasteiger partial charge in [0.05, 0.1) is 12.8 Å². The molecule has 0 bridgehead atoms. The monoisotopic (exact) mass is 254 g/mol. The number of anilines is 1. The van der Waals surface area contributed by atoms with Gasteiger partial charge < -0.3 is 10.1 Å². The fourth-order valence-corrected chi connectivity index (χ4v) is 2.28. The van der Waals surface area contributed by atoms with Crippen LogP contribution in [0.25, 0.3) is 0 Å². The number of nitrogens with one attached hydrogen (secondary N) is 1. The highest BCUT2D eigenvalue weighted by Gasteiger charge is 2.23. The van der Waals surface area contributed by atoms with E-state index < -0.39 is 0 Å². The van der Waals surface area contributed by atoms with Crippen molar-refractivity contribution in [3.05, 3.63) is 53.2 Å². The topological polar surface area (TPSA) is 51.2 Å². The Morgan fingerprint density at radius 3 is 2.84 bits per heavy atom. The molecule has 4 heteroatoms. The summed E-state index contributed by atoms with van der Waals surface area (Å²) in [7, 11) is 1.56. The predicted molar refractivity (Wildman–Crippen MR) is 72.9 cm³/mol. The summed E-state index contributed by atoms with van der Waals surface area (Å²) in [6.45, 7) is 0.833.